The summed E-state index contributed by atoms with van der Waals surface area (Å²) in [6.45, 7) is 4.47. The highest BCUT2D eigenvalue weighted by atomic mass is 32.2. The fourth-order valence-electron chi connectivity index (χ4n) is 2.49. The molecule has 0 heterocycles. The van der Waals surface area contributed by atoms with E-state index in [1.165, 1.54) is 12.1 Å². The van der Waals surface area contributed by atoms with Crippen LogP contribution in [0.1, 0.15) is 23.6 Å². The van der Waals surface area contributed by atoms with Gasteiger partial charge in [0.2, 0.25) is 0 Å². The Morgan fingerprint density at radius 2 is 1.77 bits per heavy atom. The maximum atomic E-state index is 12.6. The highest BCUT2D eigenvalue weighted by molar-refractivity contribution is 7.99. The molecule has 2 aromatic rings. The van der Waals surface area contributed by atoms with Crippen LogP contribution >= 0.6 is 11.8 Å². The van der Waals surface area contributed by atoms with E-state index in [1.807, 2.05) is 32.1 Å². The highest BCUT2D eigenvalue weighted by Gasteiger charge is 2.29. The summed E-state index contributed by atoms with van der Waals surface area (Å²) >= 11 is 1.66. The van der Waals surface area contributed by atoms with Crippen molar-refractivity contribution >= 4 is 24.0 Å². The first kappa shape index (κ1) is 25.5. The van der Waals surface area contributed by atoms with Crippen molar-refractivity contribution in [2.75, 3.05) is 19.5 Å². The zero-order chi connectivity index (χ0) is 22.6. The number of hydrogen-bond acceptors (Lipinski definition) is 5. The lowest BCUT2D eigenvalue weighted by atomic mass is 10.1. The normalized spacial score (nSPS) is 12.1. The van der Waals surface area contributed by atoms with Gasteiger partial charge in [-0.2, -0.15) is 22.8 Å². The molecule has 4 nitrogen and oxygen atoms in total. The van der Waals surface area contributed by atoms with Crippen LogP contribution in [0.5, 0.6) is 5.75 Å². The molecule has 0 aromatic heterocycles. The fourth-order valence-corrected chi connectivity index (χ4v) is 3.48. The van der Waals surface area contributed by atoms with E-state index >= 15 is 0 Å². The first-order valence-electron chi connectivity index (χ1n) is 8.98. The van der Waals surface area contributed by atoms with Crippen LogP contribution in [-0.2, 0) is 20.5 Å². The van der Waals surface area contributed by atoms with Crippen LogP contribution in [0.2, 0.25) is 0 Å². The Morgan fingerprint density at radius 1 is 1.13 bits per heavy atom. The number of ether oxygens (including phenoxy) is 2. The minimum atomic E-state index is -4.32. The van der Waals surface area contributed by atoms with Crippen molar-refractivity contribution in [2.24, 2.45) is 0 Å². The quantitative estimate of drug-likeness (QED) is 0.497. The molecule has 0 saturated carbocycles. The number of thioether (sulfide) groups is 1. The van der Waals surface area contributed by atoms with E-state index in [2.05, 4.69) is 6.07 Å². The number of methoxy groups -OCH3 is 1. The molecule has 0 aliphatic carbocycles. The second-order valence-corrected chi connectivity index (χ2v) is 7.09. The number of rotatable bonds is 8. The lowest BCUT2D eigenvalue weighted by Crippen LogP contribution is -2.12. The molecular formula is C22H23F3O4S. The van der Waals surface area contributed by atoms with Gasteiger partial charge in [0.15, 0.2) is 0 Å². The Morgan fingerprint density at radius 3 is 2.27 bits per heavy atom. The smallest absolute Gasteiger partial charge is 0.416 e. The lowest BCUT2D eigenvalue weighted by molar-refractivity contribution is -0.191. The van der Waals surface area contributed by atoms with Gasteiger partial charge in [0.1, 0.15) is 5.75 Å². The van der Waals surface area contributed by atoms with Crippen LogP contribution in [-0.4, -0.2) is 31.7 Å². The minimum Gasteiger partial charge on any atom is -0.496 e. The van der Waals surface area contributed by atoms with Gasteiger partial charge < -0.3 is 9.47 Å². The molecule has 0 N–H and O–H groups in total. The monoisotopic (exact) mass is 440 g/mol. The van der Waals surface area contributed by atoms with Crippen molar-refractivity contribution < 1.29 is 32.2 Å². The summed E-state index contributed by atoms with van der Waals surface area (Å²) in [5.74, 6) is 1.56. The maximum Gasteiger partial charge on any atom is 0.416 e. The van der Waals surface area contributed by atoms with Crippen LogP contribution < -0.4 is 4.74 Å². The van der Waals surface area contributed by atoms with E-state index in [4.69, 9.17) is 19.1 Å². The van der Waals surface area contributed by atoms with Crippen molar-refractivity contribution in [1.29, 1.82) is 0 Å². The van der Waals surface area contributed by atoms with Gasteiger partial charge in [0, 0.05) is 17.3 Å². The van der Waals surface area contributed by atoms with Crippen LogP contribution in [0, 0.1) is 6.92 Å². The molecule has 0 aliphatic heterocycles. The fraction of sp³-hybridized carbons (Fsp3) is 0.318. The molecule has 2 aromatic carbocycles. The predicted molar refractivity (Wildman–Crippen MR) is 109 cm³/mol. The van der Waals surface area contributed by atoms with Crippen molar-refractivity contribution in [3.8, 4) is 5.75 Å². The summed E-state index contributed by atoms with van der Waals surface area (Å²) in [6.07, 6.45) is -0.524. The first-order chi connectivity index (χ1) is 14.2. The van der Waals surface area contributed by atoms with Crippen LogP contribution in [0.4, 0.5) is 13.2 Å². The number of halogens is 3. The van der Waals surface area contributed by atoms with Gasteiger partial charge in [-0.3, -0.25) is 0 Å². The van der Waals surface area contributed by atoms with E-state index in [9.17, 15) is 13.2 Å². The third-order valence-corrected chi connectivity index (χ3v) is 4.99. The standard InChI is InChI=1S/C21H23F3O2S.CO2/c1-4-26-18(14-27-19-11-12-20(25-3)15(2)13-19)10-7-16-5-8-17(9-6-16)21(22,23)24;2-1-3/h5-13,18H,4,14H2,1-3H3;/b10-7+;. The largest absolute Gasteiger partial charge is 0.496 e. The van der Waals surface area contributed by atoms with Gasteiger partial charge in [0.25, 0.3) is 0 Å². The Balaban J connectivity index is 0.00000141. The summed E-state index contributed by atoms with van der Waals surface area (Å²) in [5, 5.41) is 0. The lowest BCUT2D eigenvalue weighted by Gasteiger charge is -2.13. The summed E-state index contributed by atoms with van der Waals surface area (Å²) in [7, 11) is 1.65. The molecule has 0 aliphatic rings. The Bertz CT molecular complexity index is 842. The van der Waals surface area contributed by atoms with E-state index in [1.54, 1.807) is 24.9 Å². The van der Waals surface area contributed by atoms with Crippen molar-refractivity contribution in [1.82, 2.24) is 0 Å². The van der Waals surface area contributed by atoms with Gasteiger partial charge >= 0.3 is 12.3 Å². The molecule has 162 valence electrons. The van der Waals surface area contributed by atoms with Crippen LogP contribution in [0.15, 0.2) is 53.4 Å². The Labute approximate surface area is 178 Å². The number of benzene rings is 2. The molecule has 0 amide bonds. The van der Waals surface area contributed by atoms with Crippen LogP contribution in [0.25, 0.3) is 6.08 Å². The molecular weight excluding hydrogens is 417 g/mol. The van der Waals surface area contributed by atoms with Gasteiger partial charge in [0.05, 0.1) is 18.8 Å². The number of carbonyl (C=O) groups excluding carboxylic acids is 2. The Hall–Kier alpha value is -2.54. The summed E-state index contributed by atoms with van der Waals surface area (Å²) in [4.78, 5) is 17.4. The molecule has 0 bridgehead atoms. The molecule has 30 heavy (non-hydrogen) atoms. The van der Waals surface area contributed by atoms with E-state index in [-0.39, 0.29) is 12.3 Å². The van der Waals surface area contributed by atoms with Gasteiger partial charge in [-0.1, -0.05) is 24.3 Å². The number of aryl methyl sites for hydroxylation is 1. The molecule has 1 unspecified atom stereocenters. The zero-order valence-electron chi connectivity index (χ0n) is 16.9. The highest BCUT2D eigenvalue weighted by Crippen LogP contribution is 2.29. The van der Waals surface area contributed by atoms with Crippen LogP contribution in [0.3, 0.4) is 0 Å². The number of alkyl halides is 3. The van der Waals surface area contributed by atoms with Gasteiger partial charge in [-0.05, 0) is 55.3 Å². The SMILES string of the molecule is CCOC(/C=C/c1ccc(C(F)(F)F)cc1)CSc1ccc(OC)c(C)c1.O=C=O. The zero-order valence-corrected chi connectivity index (χ0v) is 17.7. The Kier molecular flexibility index (Phi) is 11.0. The van der Waals surface area contributed by atoms with Gasteiger partial charge in [-0.15, -0.1) is 11.8 Å². The second kappa shape index (κ2) is 12.9. The average Bonchev–Trinajstić information content (AvgIpc) is 2.70. The third-order valence-electron chi connectivity index (χ3n) is 3.90. The van der Waals surface area contributed by atoms with E-state index < -0.39 is 11.7 Å². The van der Waals surface area contributed by atoms with E-state index in [0.29, 0.717) is 17.9 Å². The minimum absolute atomic E-state index is 0.135. The van der Waals surface area contributed by atoms with Gasteiger partial charge in [-0.25, -0.2) is 0 Å². The third kappa shape index (κ3) is 8.86. The average molecular weight is 440 g/mol. The molecule has 0 spiro atoms. The second-order valence-electron chi connectivity index (χ2n) is 6.00. The number of hydrogen-bond donors (Lipinski definition) is 0. The van der Waals surface area contributed by atoms with Crippen molar-refractivity contribution in [2.45, 2.75) is 31.0 Å². The molecule has 0 fully saturated rings. The predicted octanol–water partition coefficient (Wildman–Crippen LogP) is 5.65. The molecule has 0 saturated heterocycles. The molecule has 0 radical (unpaired) electrons. The maximum absolute atomic E-state index is 12.6. The molecule has 8 heteroatoms. The summed E-state index contributed by atoms with van der Waals surface area (Å²) in [5.41, 5.74) is 1.13. The van der Waals surface area contributed by atoms with Crippen molar-refractivity contribution in [3.05, 3.63) is 65.2 Å². The molecule has 1 atom stereocenters. The first-order valence-corrected chi connectivity index (χ1v) is 9.97. The molecule has 2 rings (SSSR count). The van der Waals surface area contributed by atoms with E-state index in [0.717, 1.165) is 28.3 Å². The summed E-state index contributed by atoms with van der Waals surface area (Å²) < 4.78 is 48.9. The topological polar surface area (TPSA) is 52.6 Å². The summed E-state index contributed by atoms with van der Waals surface area (Å²) in [6, 6.07) is 11.1. The van der Waals surface area contributed by atoms with Crippen molar-refractivity contribution in [3.63, 3.8) is 0 Å².